The average Bonchev–Trinajstić information content (AvgIpc) is 2.72. The molecule has 0 amide bonds. The fourth-order valence-corrected chi connectivity index (χ4v) is 3.37. The number of carbonyl (C=O) groups is 3. The first-order valence-corrected chi connectivity index (χ1v) is 9.03. The molecule has 2 aromatic carbocycles. The lowest BCUT2D eigenvalue weighted by Gasteiger charge is -2.22. The van der Waals surface area contributed by atoms with E-state index >= 15 is 0 Å². The molecule has 26 heavy (non-hydrogen) atoms. The molecule has 0 bridgehead atoms. The van der Waals surface area contributed by atoms with Crippen molar-refractivity contribution in [2.75, 3.05) is 6.61 Å². The summed E-state index contributed by atoms with van der Waals surface area (Å²) in [7, 11) is 0. The van der Waals surface area contributed by atoms with Gasteiger partial charge in [-0.2, -0.15) is 0 Å². The van der Waals surface area contributed by atoms with Gasteiger partial charge in [0.05, 0.1) is 5.56 Å². The molecule has 1 fully saturated rings. The van der Waals surface area contributed by atoms with Crippen LogP contribution in [-0.4, -0.2) is 24.6 Å². The first kappa shape index (κ1) is 18.1. The highest BCUT2D eigenvalue weighted by atomic mass is 16.5. The standard InChI is InChI=1S/C22H22O4/c23-14-16-6-8-20(9-7-16)22(25)26-15-21(24)19-12-10-18(11-13-19)17-4-2-1-3-5-17/h6-14,17H,1-5,15H2. The van der Waals surface area contributed by atoms with Gasteiger partial charge in [0.1, 0.15) is 6.29 Å². The molecule has 0 aliphatic heterocycles. The quantitative estimate of drug-likeness (QED) is 0.434. The van der Waals surface area contributed by atoms with E-state index in [4.69, 9.17) is 4.74 Å². The third kappa shape index (κ3) is 4.45. The van der Waals surface area contributed by atoms with Gasteiger partial charge in [0.2, 0.25) is 0 Å². The summed E-state index contributed by atoms with van der Waals surface area (Å²) in [4.78, 5) is 34.8. The van der Waals surface area contributed by atoms with Crippen molar-refractivity contribution in [1.82, 2.24) is 0 Å². The molecule has 0 unspecified atom stereocenters. The largest absolute Gasteiger partial charge is 0.454 e. The zero-order valence-electron chi connectivity index (χ0n) is 14.6. The average molecular weight is 350 g/mol. The highest BCUT2D eigenvalue weighted by Crippen LogP contribution is 2.32. The minimum absolute atomic E-state index is 0.224. The summed E-state index contributed by atoms with van der Waals surface area (Å²) in [5, 5.41) is 0. The highest BCUT2D eigenvalue weighted by molar-refractivity contribution is 5.99. The summed E-state index contributed by atoms with van der Waals surface area (Å²) in [6.07, 6.45) is 7.00. The Balaban J connectivity index is 1.55. The Morgan fingerprint density at radius 1 is 0.885 bits per heavy atom. The van der Waals surface area contributed by atoms with Crippen LogP contribution in [0.25, 0.3) is 0 Å². The summed E-state index contributed by atoms with van der Waals surface area (Å²) < 4.78 is 5.09. The van der Waals surface area contributed by atoms with E-state index < -0.39 is 5.97 Å². The number of aldehydes is 1. The summed E-state index contributed by atoms with van der Waals surface area (Å²) in [6.45, 7) is -0.295. The maximum absolute atomic E-state index is 12.2. The Kier molecular flexibility index (Phi) is 5.95. The SMILES string of the molecule is O=Cc1ccc(C(=O)OCC(=O)c2ccc(C3CCCCC3)cc2)cc1. The van der Waals surface area contributed by atoms with E-state index in [1.807, 2.05) is 24.3 Å². The molecule has 1 aliphatic rings. The molecular formula is C22H22O4. The normalized spacial score (nSPS) is 14.6. The second-order valence-electron chi connectivity index (χ2n) is 6.70. The van der Waals surface area contributed by atoms with Crippen molar-refractivity contribution in [3.63, 3.8) is 0 Å². The fourth-order valence-electron chi connectivity index (χ4n) is 3.37. The molecule has 0 heterocycles. The molecule has 0 radical (unpaired) electrons. The van der Waals surface area contributed by atoms with Crippen molar-refractivity contribution >= 4 is 18.0 Å². The Morgan fingerprint density at radius 2 is 1.50 bits per heavy atom. The number of carbonyl (C=O) groups excluding carboxylic acids is 3. The van der Waals surface area contributed by atoms with Crippen molar-refractivity contribution in [1.29, 1.82) is 0 Å². The molecule has 4 heteroatoms. The lowest BCUT2D eigenvalue weighted by Crippen LogP contribution is -2.14. The van der Waals surface area contributed by atoms with Gasteiger partial charge in [0.15, 0.2) is 12.4 Å². The van der Waals surface area contributed by atoms with Crippen LogP contribution >= 0.6 is 0 Å². The number of hydrogen-bond acceptors (Lipinski definition) is 4. The molecule has 0 atom stereocenters. The number of benzene rings is 2. The Labute approximate surface area is 153 Å². The molecule has 3 rings (SSSR count). The van der Waals surface area contributed by atoms with E-state index in [1.165, 1.54) is 61.9 Å². The van der Waals surface area contributed by atoms with Crippen molar-refractivity contribution in [2.45, 2.75) is 38.0 Å². The number of hydrogen-bond donors (Lipinski definition) is 0. The Morgan fingerprint density at radius 3 is 2.12 bits per heavy atom. The van der Waals surface area contributed by atoms with Gasteiger partial charge in [-0.15, -0.1) is 0 Å². The van der Waals surface area contributed by atoms with Gasteiger partial charge in [0.25, 0.3) is 0 Å². The van der Waals surface area contributed by atoms with E-state index in [0.717, 1.165) is 0 Å². The molecule has 0 aromatic heterocycles. The first-order valence-electron chi connectivity index (χ1n) is 9.03. The van der Waals surface area contributed by atoms with E-state index in [9.17, 15) is 14.4 Å². The highest BCUT2D eigenvalue weighted by Gasteiger charge is 2.16. The van der Waals surface area contributed by atoms with Crippen molar-refractivity contribution < 1.29 is 19.1 Å². The third-order valence-electron chi connectivity index (χ3n) is 4.93. The number of esters is 1. The smallest absolute Gasteiger partial charge is 0.338 e. The summed E-state index contributed by atoms with van der Waals surface area (Å²) >= 11 is 0. The van der Waals surface area contributed by atoms with Crippen LogP contribution in [0.1, 0.15) is 74.7 Å². The van der Waals surface area contributed by atoms with Gasteiger partial charge < -0.3 is 4.74 Å². The second-order valence-corrected chi connectivity index (χ2v) is 6.70. The predicted molar refractivity (Wildman–Crippen MR) is 98.7 cm³/mol. The molecule has 134 valence electrons. The zero-order valence-corrected chi connectivity index (χ0v) is 14.6. The van der Waals surface area contributed by atoms with Crippen LogP contribution in [0.15, 0.2) is 48.5 Å². The maximum atomic E-state index is 12.2. The maximum Gasteiger partial charge on any atom is 0.338 e. The molecular weight excluding hydrogens is 328 g/mol. The number of Topliss-reactive ketones (excluding diaryl/α,β-unsaturated/α-hetero) is 1. The van der Waals surface area contributed by atoms with E-state index in [2.05, 4.69) is 0 Å². The van der Waals surface area contributed by atoms with Crippen LogP contribution in [-0.2, 0) is 4.74 Å². The van der Waals surface area contributed by atoms with Crippen LogP contribution in [0.2, 0.25) is 0 Å². The number of rotatable bonds is 6. The van der Waals surface area contributed by atoms with Gasteiger partial charge in [-0.1, -0.05) is 55.7 Å². The van der Waals surface area contributed by atoms with Crippen LogP contribution in [0.4, 0.5) is 0 Å². The summed E-state index contributed by atoms with van der Waals surface area (Å²) in [5.74, 6) is -0.201. The van der Waals surface area contributed by atoms with E-state index in [1.54, 1.807) is 0 Å². The van der Waals surface area contributed by atoms with Crippen LogP contribution in [0.5, 0.6) is 0 Å². The van der Waals surface area contributed by atoms with Gasteiger partial charge in [-0.05, 0) is 36.5 Å². The van der Waals surface area contributed by atoms with E-state index in [-0.39, 0.29) is 12.4 Å². The van der Waals surface area contributed by atoms with Crippen molar-refractivity contribution in [3.8, 4) is 0 Å². The van der Waals surface area contributed by atoms with E-state index in [0.29, 0.717) is 28.9 Å². The van der Waals surface area contributed by atoms with Gasteiger partial charge >= 0.3 is 5.97 Å². The minimum Gasteiger partial charge on any atom is -0.454 e. The van der Waals surface area contributed by atoms with Crippen LogP contribution in [0.3, 0.4) is 0 Å². The Hall–Kier alpha value is -2.75. The summed E-state index contributed by atoms with van der Waals surface area (Å²) in [5.41, 5.74) is 2.63. The molecule has 4 nitrogen and oxygen atoms in total. The topological polar surface area (TPSA) is 60.4 Å². The predicted octanol–water partition coefficient (Wildman–Crippen LogP) is 4.59. The van der Waals surface area contributed by atoms with Gasteiger partial charge in [-0.25, -0.2) is 4.79 Å². The monoisotopic (exact) mass is 350 g/mol. The van der Waals surface area contributed by atoms with Gasteiger partial charge in [-0.3, -0.25) is 9.59 Å². The zero-order chi connectivity index (χ0) is 18.4. The third-order valence-corrected chi connectivity index (χ3v) is 4.93. The molecule has 1 saturated carbocycles. The van der Waals surface area contributed by atoms with Crippen LogP contribution in [0, 0.1) is 0 Å². The second kappa shape index (κ2) is 8.56. The fraction of sp³-hybridized carbons (Fsp3) is 0.318. The number of ketones is 1. The Bertz CT molecular complexity index is 769. The molecule has 0 saturated heterocycles. The molecule has 1 aliphatic carbocycles. The molecule has 2 aromatic rings. The lowest BCUT2D eigenvalue weighted by molar-refractivity contribution is 0.0474. The first-order chi connectivity index (χ1) is 12.7. The molecule has 0 N–H and O–H groups in total. The summed E-state index contributed by atoms with van der Waals surface area (Å²) in [6, 6.07) is 13.8. The van der Waals surface area contributed by atoms with Gasteiger partial charge in [0, 0.05) is 11.1 Å². The lowest BCUT2D eigenvalue weighted by atomic mass is 9.84. The van der Waals surface area contributed by atoms with Crippen LogP contribution < -0.4 is 0 Å². The number of ether oxygens (including phenoxy) is 1. The molecule has 0 spiro atoms. The minimum atomic E-state index is -0.574. The van der Waals surface area contributed by atoms with Crippen molar-refractivity contribution in [3.05, 3.63) is 70.8 Å². The van der Waals surface area contributed by atoms with Crippen molar-refractivity contribution in [2.24, 2.45) is 0 Å².